The number of hydrogen-bond donors (Lipinski definition) is 2. The molecule has 0 aromatic heterocycles. The highest BCUT2D eigenvalue weighted by Crippen LogP contribution is 2.25. The molecule has 0 radical (unpaired) electrons. The van der Waals surface area contributed by atoms with E-state index in [-0.39, 0.29) is 0 Å². The predicted molar refractivity (Wildman–Crippen MR) is 43.7 cm³/mol. The average Bonchev–Trinajstić information content (AvgIpc) is 2.33. The Kier molecular flexibility index (Phi) is 3.07. The maximum Gasteiger partial charge on any atom is 0.511 e. The second-order valence-electron chi connectivity index (χ2n) is 3.27. The molecule has 1 saturated carbocycles. The lowest BCUT2D eigenvalue weighted by Gasteiger charge is -2.18. The van der Waals surface area contributed by atoms with Crippen LogP contribution < -0.4 is 10.5 Å². The van der Waals surface area contributed by atoms with E-state index in [4.69, 9.17) is 5.73 Å². The van der Waals surface area contributed by atoms with Gasteiger partial charge in [-0.3, -0.25) is 0 Å². The van der Waals surface area contributed by atoms with Crippen LogP contribution in [0.2, 0.25) is 0 Å². The van der Waals surface area contributed by atoms with Crippen molar-refractivity contribution in [3.05, 3.63) is 0 Å². The highest BCUT2D eigenvalue weighted by molar-refractivity contribution is 7.90. The van der Waals surface area contributed by atoms with Crippen LogP contribution in [-0.2, 0) is 10.0 Å². The van der Waals surface area contributed by atoms with E-state index in [0.29, 0.717) is 19.3 Å². The summed E-state index contributed by atoms with van der Waals surface area (Å²) in [4.78, 5) is 0. The highest BCUT2D eigenvalue weighted by atomic mass is 32.2. The second-order valence-corrected chi connectivity index (χ2v) is 4.97. The molecule has 84 valence electrons. The Bertz CT molecular complexity index is 301. The van der Waals surface area contributed by atoms with Crippen LogP contribution in [0.1, 0.15) is 19.3 Å². The molecule has 3 N–H and O–H groups in total. The average molecular weight is 232 g/mol. The normalized spacial score (nSPS) is 29.4. The fourth-order valence-electron chi connectivity index (χ4n) is 1.40. The molecule has 8 heteroatoms. The van der Waals surface area contributed by atoms with Crippen LogP contribution in [0.15, 0.2) is 0 Å². The van der Waals surface area contributed by atoms with Crippen molar-refractivity contribution in [3.63, 3.8) is 0 Å². The minimum Gasteiger partial charge on any atom is -0.326 e. The van der Waals surface area contributed by atoms with Gasteiger partial charge in [0.1, 0.15) is 0 Å². The van der Waals surface area contributed by atoms with Gasteiger partial charge in [0, 0.05) is 12.1 Å². The minimum absolute atomic E-state index is 0.358. The first kappa shape index (κ1) is 11.7. The van der Waals surface area contributed by atoms with E-state index in [9.17, 15) is 21.6 Å². The lowest BCUT2D eigenvalue weighted by molar-refractivity contribution is -0.0451. The third-order valence-electron chi connectivity index (χ3n) is 2.18. The Balaban J connectivity index is 2.69. The van der Waals surface area contributed by atoms with Gasteiger partial charge in [-0.25, -0.2) is 13.1 Å². The molecule has 0 amide bonds. The summed E-state index contributed by atoms with van der Waals surface area (Å²) < 4.78 is 58.7. The number of sulfonamides is 1. The summed E-state index contributed by atoms with van der Waals surface area (Å²) in [6.45, 7) is 0. The van der Waals surface area contributed by atoms with Gasteiger partial charge >= 0.3 is 15.5 Å². The van der Waals surface area contributed by atoms with Crippen molar-refractivity contribution in [1.29, 1.82) is 0 Å². The summed E-state index contributed by atoms with van der Waals surface area (Å²) in [6.07, 6.45) is 1.55. The topological polar surface area (TPSA) is 72.2 Å². The standard InChI is InChI=1S/C6H11F3N2O2S/c7-6(8,9)14(12,13)11-5-3-1-2-4(5)10/h4-5,11H,1-3,10H2/t4-,5-/m0/s1. The van der Waals surface area contributed by atoms with E-state index in [2.05, 4.69) is 0 Å². The van der Waals surface area contributed by atoms with Crippen LogP contribution in [-0.4, -0.2) is 26.0 Å². The summed E-state index contributed by atoms with van der Waals surface area (Å²) in [5.41, 5.74) is 0.180. The minimum atomic E-state index is -5.25. The molecule has 0 unspecified atom stereocenters. The van der Waals surface area contributed by atoms with Gasteiger partial charge in [-0.1, -0.05) is 6.42 Å². The van der Waals surface area contributed by atoms with Crippen LogP contribution in [0.25, 0.3) is 0 Å². The highest BCUT2D eigenvalue weighted by Gasteiger charge is 2.47. The molecule has 0 spiro atoms. The predicted octanol–water partition coefficient (Wildman–Crippen LogP) is 0.305. The molecular formula is C6H11F3N2O2S. The Hall–Kier alpha value is -0.340. The van der Waals surface area contributed by atoms with Gasteiger partial charge in [-0.15, -0.1) is 0 Å². The molecule has 0 aromatic carbocycles. The molecule has 0 bridgehead atoms. The van der Waals surface area contributed by atoms with Gasteiger partial charge in [0.15, 0.2) is 0 Å². The monoisotopic (exact) mass is 232 g/mol. The van der Waals surface area contributed by atoms with E-state index in [1.807, 2.05) is 0 Å². The van der Waals surface area contributed by atoms with Crippen LogP contribution in [0, 0.1) is 0 Å². The first-order valence-corrected chi connectivity index (χ1v) is 5.56. The van der Waals surface area contributed by atoms with Crippen molar-refractivity contribution >= 4 is 10.0 Å². The molecule has 0 heterocycles. The van der Waals surface area contributed by atoms with Gasteiger partial charge in [-0.2, -0.15) is 13.2 Å². The number of nitrogens with one attached hydrogen (secondary N) is 1. The fraction of sp³-hybridized carbons (Fsp3) is 1.00. The lowest BCUT2D eigenvalue weighted by Crippen LogP contribution is -2.48. The van der Waals surface area contributed by atoms with E-state index in [1.165, 1.54) is 0 Å². The van der Waals surface area contributed by atoms with Crippen LogP contribution >= 0.6 is 0 Å². The molecule has 1 aliphatic carbocycles. The molecule has 1 fully saturated rings. The molecule has 0 aromatic rings. The van der Waals surface area contributed by atoms with Crippen LogP contribution in [0.4, 0.5) is 13.2 Å². The number of alkyl halides is 3. The molecule has 0 aliphatic heterocycles. The number of nitrogens with two attached hydrogens (primary N) is 1. The Morgan fingerprint density at radius 1 is 1.29 bits per heavy atom. The molecular weight excluding hydrogens is 221 g/mol. The molecule has 14 heavy (non-hydrogen) atoms. The number of halogens is 3. The smallest absolute Gasteiger partial charge is 0.326 e. The molecule has 0 saturated heterocycles. The zero-order valence-corrected chi connectivity index (χ0v) is 8.03. The van der Waals surface area contributed by atoms with Crippen molar-refractivity contribution < 1.29 is 21.6 Å². The van der Waals surface area contributed by atoms with Crippen molar-refractivity contribution in [2.24, 2.45) is 5.73 Å². The van der Waals surface area contributed by atoms with E-state index >= 15 is 0 Å². The summed E-state index contributed by atoms with van der Waals surface area (Å²) in [7, 11) is -5.24. The zero-order valence-electron chi connectivity index (χ0n) is 7.21. The van der Waals surface area contributed by atoms with Crippen molar-refractivity contribution in [1.82, 2.24) is 4.72 Å². The molecule has 2 atom stereocenters. The van der Waals surface area contributed by atoms with Crippen molar-refractivity contribution in [2.75, 3.05) is 0 Å². The van der Waals surface area contributed by atoms with Gasteiger partial charge in [-0.05, 0) is 12.8 Å². The third kappa shape index (κ3) is 2.37. The third-order valence-corrected chi connectivity index (χ3v) is 3.40. The molecule has 4 nitrogen and oxygen atoms in total. The second kappa shape index (κ2) is 3.67. The van der Waals surface area contributed by atoms with Crippen molar-refractivity contribution in [3.8, 4) is 0 Å². The SMILES string of the molecule is N[C@H]1CCC[C@@H]1NS(=O)(=O)C(F)(F)F. The summed E-state index contributed by atoms with van der Waals surface area (Å²) in [5, 5.41) is 0. The van der Waals surface area contributed by atoms with E-state index in [0.717, 1.165) is 0 Å². The lowest BCUT2D eigenvalue weighted by atomic mass is 10.2. The largest absolute Gasteiger partial charge is 0.511 e. The van der Waals surface area contributed by atoms with Gasteiger partial charge < -0.3 is 5.73 Å². The van der Waals surface area contributed by atoms with Gasteiger partial charge in [0.2, 0.25) is 0 Å². The Morgan fingerprint density at radius 3 is 2.21 bits per heavy atom. The van der Waals surface area contributed by atoms with Crippen molar-refractivity contribution in [2.45, 2.75) is 36.9 Å². The molecule has 1 rings (SSSR count). The summed E-state index contributed by atoms with van der Waals surface area (Å²) >= 11 is 0. The van der Waals surface area contributed by atoms with Gasteiger partial charge in [0.25, 0.3) is 0 Å². The maximum absolute atomic E-state index is 11.9. The van der Waals surface area contributed by atoms with E-state index < -0.39 is 27.6 Å². The van der Waals surface area contributed by atoms with Crippen LogP contribution in [0.3, 0.4) is 0 Å². The summed E-state index contributed by atoms with van der Waals surface area (Å²) in [6, 6.07) is -1.31. The first-order chi connectivity index (χ1) is 6.24. The maximum atomic E-state index is 11.9. The number of rotatable bonds is 2. The fourth-order valence-corrected chi connectivity index (χ4v) is 2.23. The van der Waals surface area contributed by atoms with Gasteiger partial charge in [0.05, 0.1) is 0 Å². The number of hydrogen-bond acceptors (Lipinski definition) is 3. The zero-order chi connectivity index (χ0) is 11.0. The Morgan fingerprint density at radius 2 is 1.86 bits per heavy atom. The van der Waals surface area contributed by atoms with Crippen LogP contribution in [0.5, 0.6) is 0 Å². The Labute approximate surface area is 79.7 Å². The summed E-state index contributed by atoms with van der Waals surface area (Å²) in [5.74, 6) is 0. The quantitative estimate of drug-likeness (QED) is 0.719. The first-order valence-electron chi connectivity index (χ1n) is 4.08. The molecule has 1 aliphatic rings. The van der Waals surface area contributed by atoms with E-state index in [1.54, 1.807) is 4.72 Å².